The summed E-state index contributed by atoms with van der Waals surface area (Å²) in [7, 11) is 1.66. The van der Waals surface area contributed by atoms with Gasteiger partial charge in [-0.25, -0.2) is 9.78 Å². The summed E-state index contributed by atoms with van der Waals surface area (Å²) in [5, 5.41) is 10.2. The van der Waals surface area contributed by atoms with Crippen LogP contribution >= 0.6 is 11.6 Å². The summed E-state index contributed by atoms with van der Waals surface area (Å²) in [6.45, 7) is 0.368. The van der Waals surface area contributed by atoms with Gasteiger partial charge in [0.25, 0.3) is 0 Å². The highest BCUT2D eigenvalue weighted by molar-refractivity contribution is 6.30. The van der Waals surface area contributed by atoms with Crippen LogP contribution in [-0.2, 0) is 6.61 Å². The van der Waals surface area contributed by atoms with Crippen LogP contribution in [0.2, 0.25) is 5.02 Å². The molecule has 208 valence electrons. The number of aromatic nitrogens is 2. The molecule has 1 fully saturated rings. The van der Waals surface area contributed by atoms with E-state index >= 15 is 0 Å². The number of carbonyl (C=O) groups is 1. The van der Waals surface area contributed by atoms with Gasteiger partial charge in [0.15, 0.2) is 0 Å². The van der Waals surface area contributed by atoms with Crippen molar-refractivity contribution in [1.82, 2.24) is 9.55 Å². The summed E-state index contributed by atoms with van der Waals surface area (Å²) in [6.07, 6.45) is 5.81. The summed E-state index contributed by atoms with van der Waals surface area (Å²) in [5.74, 6) is 1.42. The Morgan fingerprint density at radius 3 is 2.32 bits per heavy atom. The average Bonchev–Trinajstić information content (AvgIpc) is 3.40. The maximum absolute atomic E-state index is 11.6. The number of carboxylic acids is 1. The van der Waals surface area contributed by atoms with Gasteiger partial charge < -0.3 is 19.1 Å². The van der Waals surface area contributed by atoms with Crippen LogP contribution in [0, 0.1) is 0 Å². The van der Waals surface area contributed by atoms with Crippen LogP contribution in [0.4, 0.5) is 0 Å². The lowest BCUT2D eigenvalue weighted by Crippen LogP contribution is -2.14. The Hall–Kier alpha value is -4.29. The van der Waals surface area contributed by atoms with Crippen LogP contribution in [0.3, 0.4) is 0 Å². The molecule has 7 heteroatoms. The predicted octanol–water partition coefficient (Wildman–Crippen LogP) is 8.81. The summed E-state index contributed by atoms with van der Waals surface area (Å²) < 4.78 is 14.0. The van der Waals surface area contributed by atoms with Crippen molar-refractivity contribution < 1.29 is 19.4 Å². The SMILES string of the molecule is COc1ccc(-c2ccc(Cl)cc2)c(COc2ccc(-c3nc4cc(C(=O)O)ccc4n3C3CCCCC3)cc2)c1. The summed E-state index contributed by atoms with van der Waals surface area (Å²) >= 11 is 6.11. The van der Waals surface area contributed by atoms with Gasteiger partial charge >= 0.3 is 5.97 Å². The molecule has 6 nitrogen and oxygen atoms in total. The van der Waals surface area contributed by atoms with Gasteiger partial charge in [0.1, 0.15) is 23.9 Å². The molecule has 0 bridgehead atoms. The van der Waals surface area contributed by atoms with Crippen LogP contribution in [0.5, 0.6) is 11.5 Å². The molecular formula is C34H31ClN2O4. The van der Waals surface area contributed by atoms with E-state index < -0.39 is 5.97 Å². The Morgan fingerprint density at radius 1 is 0.902 bits per heavy atom. The minimum absolute atomic E-state index is 0.247. The van der Waals surface area contributed by atoms with E-state index in [4.69, 9.17) is 26.1 Å². The molecule has 1 saturated carbocycles. The number of halogens is 1. The third-order valence-electron chi connectivity index (χ3n) is 7.85. The van der Waals surface area contributed by atoms with Crippen molar-refractivity contribution >= 4 is 28.6 Å². The molecular weight excluding hydrogens is 536 g/mol. The minimum Gasteiger partial charge on any atom is -0.497 e. The first-order valence-corrected chi connectivity index (χ1v) is 14.3. The fraction of sp³-hybridized carbons (Fsp3) is 0.235. The van der Waals surface area contributed by atoms with E-state index in [0.717, 1.165) is 57.9 Å². The predicted molar refractivity (Wildman–Crippen MR) is 162 cm³/mol. The Labute approximate surface area is 244 Å². The molecule has 0 atom stereocenters. The molecule has 41 heavy (non-hydrogen) atoms. The summed E-state index contributed by atoms with van der Waals surface area (Å²) in [5.41, 5.74) is 6.02. The van der Waals surface area contributed by atoms with Crippen LogP contribution < -0.4 is 9.47 Å². The molecule has 4 aromatic carbocycles. The summed E-state index contributed by atoms with van der Waals surface area (Å²) in [4.78, 5) is 16.5. The highest BCUT2D eigenvalue weighted by atomic mass is 35.5. The Morgan fingerprint density at radius 2 is 1.61 bits per heavy atom. The first-order valence-electron chi connectivity index (χ1n) is 13.9. The smallest absolute Gasteiger partial charge is 0.335 e. The molecule has 1 heterocycles. The second-order valence-electron chi connectivity index (χ2n) is 10.4. The largest absolute Gasteiger partial charge is 0.497 e. The van der Waals surface area contributed by atoms with E-state index in [1.54, 1.807) is 19.2 Å². The van der Waals surface area contributed by atoms with E-state index in [9.17, 15) is 9.90 Å². The number of methoxy groups -OCH3 is 1. The first kappa shape index (κ1) is 26.9. The van der Waals surface area contributed by atoms with Gasteiger partial charge in [-0.3, -0.25) is 0 Å². The second kappa shape index (κ2) is 11.7. The number of imidazole rings is 1. The third-order valence-corrected chi connectivity index (χ3v) is 8.10. The summed E-state index contributed by atoms with van der Waals surface area (Å²) in [6, 6.07) is 27.3. The van der Waals surface area contributed by atoms with Crippen LogP contribution in [0.15, 0.2) is 84.9 Å². The van der Waals surface area contributed by atoms with Crippen molar-refractivity contribution in [1.29, 1.82) is 0 Å². The van der Waals surface area contributed by atoms with Crippen molar-refractivity contribution in [3.8, 4) is 34.0 Å². The molecule has 0 unspecified atom stereocenters. The van der Waals surface area contributed by atoms with Gasteiger partial charge in [-0.1, -0.05) is 49.1 Å². The number of hydrogen-bond donors (Lipinski definition) is 1. The topological polar surface area (TPSA) is 73.6 Å². The number of aromatic carboxylic acids is 1. The van der Waals surface area contributed by atoms with Gasteiger partial charge in [0.05, 0.1) is 23.7 Å². The molecule has 1 N–H and O–H groups in total. The maximum Gasteiger partial charge on any atom is 0.335 e. The average molecular weight is 567 g/mol. The Kier molecular flexibility index (Phi) is 7.66. The fourth-order valence-corrected chi connectivity index (χ4v) is 5.86. The fourth-order valence-electron chi connectivity index (χ4n) is 5.73. The van der Waals surface area contributed by atoms with Crippen LogP contribution in [0.25, 0.3) is 33.5 Å². The van der Waals surface area contributed by atoms with E-state index in [0.29, 0.717) is 23.2 Å². The lowest BCUT2D eigenvalue weighted by atomic mass is 9.95. The van der Waals surface area contributed by atoms with E-state index in [2.05, 4.69) is 4.57 Å². The highest BCUT2D eigenvalue weighted by Gasteiger charge is 2.23. The Bertz CT molecular complexity index is 1690. The Balaban J connectivity index is 1.29. The van der Waals surface area contributed by atoms with Crippen molar-refractivity contribution in [2.24, 2.45) is 0 Å². The number of benzene rings is 4. The third kappa shape index (κ3) is 5.66. The standard InChI is InChI=1S/C34H31ClN2O4/c1-40-29-16-17-30(22-7-12-26(35)13-8-22)25(19-29)21-41-28-14-9-23(10-15-28)33-36-31-20-24(34(38)39)11-18-32(31)37(33)27-5-3-2-4-6-27/h7-20,27H,2-6,21H2,1H3,(H,38,39). The van der Waals surface area contributed by atoms with Crippen molar-refractivity contribution in [3.63, 3.8) is 0 Å². The molecule has 1 aliphatic rings. The molecule has 0 spiro atoms. The highest BCUT2D eigenvalue weighted by Crippen LogP contribution is 2.37. The minimum atomic E-state index is -0.947. The molecule has 1 aliphatic carbocycles. The molecule has 6 rings (SSSR count). The quantitative estimate of drug-likeness (QED) is 0.203. The molecule has 5 aromatic rings. The van der Waals surface area contributed by atoms with Gasteiger partial charge in [-0.05, 0) is 90.7 Å². The zero-order valence-corrected chi connectivity index (χ0v) is 23.6. The molecule has 0 saturated heterocycles. The number of ether oxygens (including phenoxy) is 2. The van der Waals surface area contributed by atoms with E-state index in [-0.39, 0.29) is 5.56 Å². The van der Waals surface area contributed by atoms with Crippen LogP contribution in [0.1, 0.15) is 54.1 Å². The zero-order chi connectivity index (χ0) is 28.3. The normalized spacial score (nSPS) is 13.8. The molecule has 0 radical (unpaired) electrons. The number of rotatable bonds is 8. The molecule has 0 aliphatic heterocycles. The van der Waals surface area contributed by atoms with Gasteiger partial charge in [-0.15, -0.1) is 0 Å². The lowest BCUT2D eigenvalue weighted by molar-refractivity contribution is 0.0697. The van der Waals surface area contributed by atoms with Gasteiger partial charge in [-0.2, -0.15) is 0 Å². The number of nitrogens with zero attached hydrogens (tertiary/aromatic N) is 2. The van der Waals surface area contributed by atoms with Gasteiger partial charge in [0.2, 0.25) is 0 Å². The maximum atomic E-state index is 11.6. The lowest BCUT2D eigenvalue weighted by Gasteiger charge is -2.25. The van der Waals surface area contributed by atoms with E-state index in [1.807, 2.05) is 72.8 Å². The number of fused-ring (bicyclic) bond motifs is 1. The van der Waals surface area contributed by atoms with Crippen molar-refractivity contribution in [2.75, 3.05) is 7.11 Å². The van der Waals surface area contributed by atoms with E-state index in [1.165, 1.54) is 19.3 Å². The number of carboxylic acid groups (broad SMARTS) is 1. The van der Waals surface area contributed by atoms with Crippen LogP contribution in [-0.4, -0.2) is 27.7 Å². The monoisotopic (exact) mass is 566 g/mol. The molecule has 0 amide bonds. The first-order chi connectivity index (χ1) is 20.0. The zero-order valence-electron chi connectivity index (χ0n) is 22.8. The molecule has 1 aromatic heterocycles. The van der Waals surface area contributed by atoms with Gasteiger partial charge in [0, 0.05) is 22.2 Å². The number of hydrogen-bond acceptors (Lipinski definition) is 4. The van der Waals surface area contributed by atoms with Crippen molar-refractivity contribution in [2.45, 2.75) is 44.8 Å². The second-order valence-corrected chi connectivity index (χ2v) is 10.9. The van der Waals surface area contributed by atoms with Crippen molar-refractivity contribution in [3.05, 3.63) is 101 Å².